The van der Waals surface area contributed by atoms with Crippen molar-refractivity contribution in [2.75, 3.05) is 18.5 Å². The molecule has 0 bridgehead atoms. The highest BCUT2D eigenvalue weighted by Gasteiger charge is 2.23. The van der Waals surface area contributed by atoms with E-state index < -0.39 is 23.4 Å². The Bertz CT molecular complexity index is 1210. The number of benzene rings is 1. The van der Waals surface area contributed by atoms with Crippen LogP contribution in [-0.2, 0) is 19.1 Å². The third-order valence-electron chi connectivity index (χ3n) is 4.51. The van der Waals surface area contributed by atoms with E-state index in [0.717, 1.165) is 21.6 Å². The van der Waals surface area contributed by atoms with Crippen LogP contribution in [0.5, 0.6) is 0 Å². The summed E-state index contributed by atoms with van der Waals surface area (Å²) in [5.74, 6) is -1.59. The van der Waals surface area contributed by atoms with Gasteiger partial charge in [-0.15, -0.1) is 11.3 Å². The molecule has 0 aliphatic rings. The molecular formula is C22H23N3O6S. The minimum Gasteiger partial charge on any atom is -0.466 e. The molecule has 0 fully saturated rings. The molecule has 10 heteroatoms. The van der Waals surface area contributed by atoms with E-state index in [9.17, 15) is 19.2 Å². The summed E-state index contributed by atoms with van der Waals surface area (Å²) in [4.78, 5) is 49.7. The minimum atomic E-state index is -0.670. The van der Waals surface area contributed by atoms with Crippen LogP contribution in [0, 0.1) is 6.92 Å². The monoisotopic (exact) mass is 457 g/mol. The largest absolute Gasteiger partial charge is 0.466 e. The van der Waals surface area contributed by atoms with E-state index in [-0.39, 0.29) is 42.1 Å². The highest BCUT2D eigenvalue weighted by Crippen LogP contribution is 2.30. The first kappa shape index (κ1) is 23.1. The van der Waals surface area contributed by atoms with E-state index in [0.29, 0.717) is 11.1 Å². The zero-order valence-corrected chi connectivity index (χ0v) is 18.8. The molecule has 3 aromatic rings. The molecule has 0 unspecified atom stereocenters. The molecule has 0 atom stereocenters. The molecular weight excluding hydrogens is 434 g/mol. The molecule has 1 aromatic carbocycles. The summed E-state index contributed by atoms with van der Waals surface area (Å²) in [7, 11) is 0. The standard InChI is InChI=1S/C22H23N3O6S/c1-4-30-17(27)11-10-16(26)23-20-18-15(12-32-20)19(22(29)31-5-2)24-25(21(18)28)14-8-6-13(3)7-9-14/h6-9,12H,4-5,10-11H2,1-3H3,(H,23,26). The number of nitrogens with zero attached hydrogens (tertiary/aromatic N) is 2. The van der Waals surface area contributed by atoms with Gasteiger partial charge in [-0.3, -0.25) is 14.4 Å². The minimum absolute atomic E-state index is 0.0229. The van der Waals surface area contributed by atoms with Crippen molar-refractivity contribution in [3.63, 3.8) is 0 Å². The summed E-state index contributed by atoms with van der Waals surface area (Å²) in [6, 6.07) is 7.08. The van der Waals surface area contributed by atoms with Crippen LogP contribution >= 0.6 is 11.3 Å². The molecule has 32 heavy (non-hydrogen) atoms. The molecule has 0 saturated heterocycles. The van der Waals surface area contributed by atoms with Gasteiger partial charge in [0.15, 0.2) is 5.69 Å². The van der Waals surface area contributed by atoms with Crippen molar-refractivity contribution in [1.29, 1.82) is 0 Å². The number of amides is 1. The third-order valence-corrected chi connectivity index (χ3v) is 5.41. The number of anilines is 1. The van der Waals surface area contributed by atoms with Crippen molar-refractivity contribution in [2.45, 2.75) is 33.6 Å². The number of hydrogen-bond donors (Lipinski definition) is 1. The zero-order valence-electron chi connectivity index (χ0n) is 18.0. The topological polar surface area (TPSA) is 117 Å². The lowest BCUT2D eigenvalue weighted by molar-refractivity contribution is -0.144. The van der Waals surface area contributed by atoms with Crippen molar-refractivity contribution in [3.8, 4) is 5.69 Å². The summed E-state index contributed by atoms with van der Waals surface area (Å²) in [6.45, 7) is 5.65. The van der Waals surface area contributed by atoms with Crippen LogP contribution in [0.15, 0.2) is 34.4 Å². The van der Waals surface area contributed by atoms with Gasteiger partial charge < -0.3 is 14.8 Å². The lowest BCUT2D eigenvalue weighted by atomic mass is 10.2. The highest BCUT2D eigenvalue weighted by atomic mass is 32.1. The molecule has 0 spiro atoms. The molecule has 168 valence electrons. The number of aryl methyl sites for hydroxylation is 1. The highest BCUT2D eigenvalue weighted by molar-refractivity contribution is 7.16. The molecule has 0 saturated carbocycles. The summed E-state index contributed by atoms with van der Waals surface area (Å²) in [5, 5.41) is 9.22. The van der Waals surface area contributed by atoms with Crippen LogP contribution in [0.3, 0.4) is 0 Å². The van der Waals surface area contributed by atoms with Gasteiger partial charge in [0.1, 0.15) is 5.00 Å². The smallest absolute Gasteiger partial charge is 0.359 e. The second kappa shape index (κ2) is 10.2. The second-order valence-corrected chi connectivity index (χ2v) is 7.71. The van der Waals surface area contributed by atoms with Crippen molar-refractivity contribution < 1.29 is 23.9 Å². The first-order chi connectivity index (χ1) is 15.3. The van der Waals surface area contributed by atoms with Gasteiger partial charge >= 0.3 is 11.9 Å². The number of carbonyl (C=O) groups is 3. The van der Waals surface area contributed by atoms with E-state index in [2.05, 4.69) is 10.4 Å². The predicted octanol–water partition coefficient (Wildman–Crippen LogP) is 3.21. The maximum Gasteiger partial charge on any atom is 0.359 e. The summed E-state index contributed by atoms with van der Waals surface area (Å²) in [6.07, 6.45) is -0.174. The zero-order chi connectivity index (χ0) is 23.3. The van der Waals surface area contributed by atoms with Gasteiger partial charge in [-0.2, -0.15) is 9.78 Å². The SMILES string of the molecule is CCOC(=O)CCC(=O)Nc1scc2c(C(=O)OCC)nn(-c3ccc(C)cc3)c(=O)c12. The molecule has 2 aromatic heterocycles. The number of esters is 2. The van der Waals surface area contributed by atoms with E-state index in [1.807, 2.05) is 19.1 Å². The molecule has 1 amide bonds. The van der Waals surface area contributed by atoms with Crippen molar-refractivity contribution in [3.05, 3.63) is 51.3 Å². The molecule has 0 aliphatic carbocycles. The molecule has 9 nitrogen and oxygen atoms in total. The fourth-order valence-corrected chi connectivity index (χ4v) is 3.94. The van der Waals surface area contributed by atoms with Gasteiger partial charge in [0.05, 0.1) is 30.7 Å². The Morgan fingerprint density at radius 3 is 2.41 bits per heavy atom. The van der Waals surface area contributed by atoms with Gasteiger partial charge in [-0.05, 0) is 32.9 Å². The fraction of sp³-hybridized carbons (Fsp3) is 0.318. The number of rotatable bonds is 8. The maximum atomic E-state index is 13.3. The number of aromatic nitrogens is 2. The number of ether oxygens (including phenoxy) is 2. The molecule has 3 rings (SSSR count). The lowest BCUT2D eigenvalue weighted by Crippen LogP contribution is -2.25. The van der Waals surface area contributed by atoms with E-state index in [1.165, 1.54) is 0 Å². The Hall–Kier alpha value is -3.53. The van der Waals surface area contributed by atoms with Crippen LogP contribution in [-0.4, -0.2) is 40.8 Å². The summed E-state index contributed by atoms with van der Waals surface area (Å²) < 4.78 is 11.1. The fourth-order valence-electron chi connectivity index (χ4n) is 2.99. The molecule has 0 radical (unpaired) electrons. The van der Waals surface area contributed by atoms with Gasteiger partial charge in [-0.1, -0.05) is 17.7 Å². The van der Waals surface area contributed by atoms with E-state index in [4.69, 9.17) is 9.47 Å². The van der Waals surface area contributed by atoms with Gasteiger partial charge in [0.25, 0.3) is 5.56 Å². The summed E-state index contributed by atoms with van der Waals surface area (Å²) >= 11 is 1.10. The van der Waals surface area contributed by atoms with E-state index >= 15 is 0 Å². The van der Waals surface area contributed by atoms with Crippen LogP contribution in [0.1, 0.15) is 42.7 Å². The molecule has 0 aliphatic heterocycles. The number of nitrogens with one attached hydrogen (secondary N) is 1. The lowest BCUT2D eigenvalue weighted by Gasteiger charge is -2.10. The Balaban J connectivity index is 2.05. The van der Waals surface area contributed by atoms with Gasteiger partial charge in [-0.25, -0.2) is 4.79 Å². The van der Waals surface area contributed by atoms with Crippen molar-refractivity contribution in [1.82, 2.24) is 9.78 Å². The van der Waals surface area contributed by atoms with Crippen molar-refractivity contribution in [2.24, 2.45) is 0 Å². The first-order valence-corrected chi connectivity index (χ1v) is 11.0. The molecule has 1 N–H and O–H groups in total. The Morgan fingerprint density at radius 2 is 1.75 bits per heavy atom. The van der Waals surface area contributed by atoms with Crippen molar-refractivity contribution >= 4 is 45.0 Å². The number of thiophene rings is 1. The predicted molar refractivity (Wildman–Crippen MR) is 120 cm³/mol. The quantitative estimate of drug-likeness (QED) is 0.516. The normalized spacial score (nSPS) is 10.7. The number of carbonyl (C=O) groups excluding carboxylic acids is 3. The summed E-state index contributed by atoms with van der Waals surface area (Å²) in [5.41, 5.74) is 0.960. The Kier molecular flexibility index (Phi) is 7.37. The van der Waals surface area contributed by atoms with Gasteiger partial charge in [0, 0.05) is 17.2 Å². The molecule has 2 heterocycles. The first-order valence-electron chi connectivity index (χ1n) is 10.1. The van der Waals surface area contributed by atoms with Crippen LogP contribution in [0.2, 0.25) is 0 Å². The maximum absolute atomic E-state index is 13.3. The Labute approximate surface area is 188 Å². The number of hydrogen-bond acceptors (Lipinski definition) is 8. The van der Waals surface area contributed by atoms with E-state index in [1.54, 1.807) is 31.4 Å². The van der Waals surface area contributed by atoms with Gasteiger partial charge in [0.2, 0.25) is 5.91 Å². The number of fused-ring (bicyclic) bond motifs is 1. The average molecular weight is 458 g/mol. The average Bonchev–Trinajstić information content (AvgIpc) is 3.18. The third kappa shape index (κ3) is 5.02. The van der Waals surface area contributed by atoms with Crippen LogP contribution in [0.25, 0.3) is 16.5 Å². The van der Waals surface area contributed by atoms with Crippen LogP contribution < -0.4 is 10.9 Å². The Morgan fingerprint density at radius 1 is 1.06 bits per heavy atom. The second-order valence-electron chi connectivity index (χ2n) is 6.83. The van der Waals surface area contributed by atoms with Crippen LogP contribution in [0.4, 0.5) is 5.00 Å².